The van der Waals surface area contributed by atoms with Crippen molar-refractivity contribution in [2.75, 3.05) is 23.3 Å². The molecule has 0 aliphatic carbocycles. The Bertz CT molecular complexity index is 1270. The molecule has 1 N–H and O–H groups in total. The first kappa shape index (κ1) is 19.6. The van der Waals surface area contributed by atoms with E-state index in [-0.39, 0.29) is 11.3 Å². The van der Waals surface area contributed by atoms with E-state index in [1.165, 1.54) is 17.8 Å². The van der Waals surface area contributed by atoms with E-state index in [1.54, 1.807) is 18.2 Å². The van der Waals surface area contributed by atoms with E-state index in [0.717, 1.165) is 37.1 Å². The highest BCUT2D eigenvalue weighted by molar-refractivity contribution is 7.17. The van der Waals surface area contributed by atoms with Crippen LogP contribution >= 0.6 is 11.3 Å². The molecule has 0 radical (unpaired) electrons. The van der Waals surface area contributed by atoms with Crippen LogP contribution in [-0.2, 0) is 0 Å². The Balaban J connectivity index is 1.43. The lowest BCUT2D eigenvalue weighted by Crippen LogP contribution is -2.29. The zero-order valence-electron chi connectivity index (χ0n) is 17.0. The van der Waals surface area contributed by atoms with Crippen molar-refractivity contribution in [3.8, 4) is 11.1 Å². The van der Waals surface area contributed by atoms with E-state index in [1.807, 2.05) is 47.8 Å². The van der Waals surface area contributed by atoms with Crippen LogP contribution in [0.5, 0.6) is 0 Å². The zero-order valence-corrected chi connectivity index (χ0v) is 17.8. The van der Waals surface area contributed by atoms with Crippen LogP contribution in [-0.4, -0.2) is 19.0 Å². The highest BCUT2D eigenvalue weighted by Gasteiger charge is 2.18. The molecular formula is C25H22N2O3S. The molecule has 5 nitrogen and oxygen atoms in total. The third kappa shape index (κ3) is 3.99. The Morgan fingerprint density at radius 1 is 0.968 bits per heavy atom. The van der Waals surface area contributed by atoms with Crippen LogP contribution < -0.4 is 15.6 Å². The van der Waals surface area contributed by atoms with Crippen LogP contribution in [0.25, 0.3) is 21.4 Å². The Kier molecular flexibility index (Phi) is 5.30. The summed E-state index contributed by atoms with van der Waals surface area (Å²) in [7, 11) is 0. The summed E-state index contributed by atoms with van der Waals surface area (Å²) in [5.41, 5.74) is 3.82. The summed E-state index contributed by atoms with van der Waals surface area (Å²) in [6.07, 6.45) is 3.46. The van der Waals surface area contributed by atoms with Gasteiger partial charge in [-0.3, -0.25) is 9.59 Å². The molecule has 0 unspecified atom stereocenters. The van der Waals surface area contributed by atoms with E-state index < -0.39 is 0 Å². The number of thiophene rings is 1. The fourth-order valence-electron chi connectivity index (χ4n) is 3.93. The van der Waals surface area contributed by atoms with Crippen molar-refractivity contribution in [3.63, 3.8) is 0 Å². The molecule has 6 heteroatoms. The molecule has 3 heterocycles. The molecule has 1 aliphatic heterocycles. The number of hydrogen-bond donors (Lipinski definition) is 1. The average Bonchev–Trinajstić information content (AvgIpc) is 3.25. The van der Waals surface area contributed by atoms with Crippen molar-refractivity contribution in [1.82, 2.24) is 0 Å². The first-order valence-electron chi connectivity index (χ1n) is 10.5. The molecule has 0 atom stereocenters. The molecular weight excluding hydrogens is 408 g/mol. The molecule has 2 aromatic heterocycles. The van der Waals surface area contributed by atoms with Crippen LogP contribution in [0.3, 0.4) is 0 Å². The van der Waals surface area contributed by atoms with Gasteiger partial charge in [-0.2, -0.15) is 0 Å². The van der Waals surface area contributed by atoms with Crippen molar-refractivity contribution in [1.29, 1.82) is 0 Å². The molecule has 156 valence electrons. The lowest BCUT2D eigenvalue weighted by Gasteiger charge is -2.26. The fourth-order valence-corrected chi connectivity index (χ4v) is 4.84. The maximum Gasteiger partial charge on any atom is 0.255 e. The Hall–Kier alpha value is -3.38. The number of carbonyl (C=O) groups is 1. The number of fused-ring (bicyclic) bond motifs is 1. The van der Waals surface area contributed by atoms with Crippen LogP contribution in [0.2, 0.25) is 0 Å². The molecule has 31 heavy (non-hydrogen) atoms. The number of piperidine rings is 1. The lowest BCUT2D eigenvalue weighted by atomic mass is 10.1. The number of rotatable bonds is 4. The molecule has 1 saturated heterocycles. The monoisotopic (exact) mass is 430 g/mol. The van der Waals surface area contributed by atoms with Crippen LogP contribution in [0.1, 0.15) is 29.6 Å². The predicted octanol–water partition coefficient (Wildman–Crippen LogP) is 5.76. The zero-order chi connectivity index (χ0) is 21.2. The van der Waals surface area contributed by atoms with Crippen molar-refractivity contribution >= 4 is 39.1 Å². The van der Waals surface area contributed by atoms with E-state index in [0.29, 0.717) is 27.4 Å². The molecule has 1 amide bonds. The van der Waals surface area contributed by atoms with Gasteiger partial charge in [0, 0.05) is 41.4 Å². The molecule has 0 bridgehead atoms. The minimum absolute atomic E-state index is 0.00446. The quantitative estimate of drug-likeness (QED) is 0.447. The predicted molar refractivity (Wildman–Crippen MR) is 126 cm³/mol. The Labute approximate surface area is 183 Å². The van der Waals surface area contributed by atoms with E-state index in [9.17, 15) is 9.59 Å². The highest BCUT2D eigenvalue weighted by Crippen LogP contribution is 2.35. The Morgan fingerprint density at radius 2 is 1.71 bits per heavy atom. The topological polar surface area (TPSA) is 62.6 Å². The van der Waals surface area contributed by atoms with Crippen LogP contribution in [0, 0.1) is 0 Å². The molecule has 5 rings (SSSR count). The third-order valence-corrected chi connectivity index (χ3v) is 6.56. The van der Waals surface area contributed by atoms with Crippen LogP contribution in [0.15, 0.2) is 75.3 Å². The number of nitrogens with one attached hydrogen (secondary N) is 1. The van der Waals surface area contributed by atoms with Gasteiger partial charge in [-0.1, -0.05) is 30.3 Å². The molecule has 2 aromatic carbocycles. The summed E-state index contributed by atoms with van der Waals surface area (Å²) >= 11 is 1.41. The van der Waals surface area contributed by atoms with Gasteiger partial charge in [0.2, 0.25) is 5.43 Å². The number of amides is 1. The standard InChI is InChI=1S/C25H22N2O3S/c28-21-15-22(27-13-5-2-6-14-27)30-23-20(16-31-24(21)23)17-9-11-19(12-10-17)26-25(29)18-7-3-1-4-8-18/h1,3-4,7-12,15-16H,2,5-6,13-14H2,(H,26,29). The number of carbonyl (C=O) groups excluding carboxylic acids is 1. The number of anilines is 2. The maximum absolute atomic E-state index is 12.7. The second kappa shape index (κ2) is 8.40. The number of hydrogen-bond acceptors (Lipinski definition) is 5. The van der Waals surface area contributed by atoms with Crippen molar-refractivity contribution in [3.05, 3.63) is 81.8 Å². The Morgan fingerprint density at radius 3 is 2.45 bits per heavy atom. The molecule has 0 saturated carbocycles. The van der Waals surface area contributed by atoms with Gasteiger partial charge in [-0.25, -0.2) is 0 Å². The van der Waals surface area contributed by atoms with Gasteiger partial charge in [0.25, 0.3) is 5.91 Å². The van der Waals surface area contributed by atoms with Crippen LogP contribution in [0.4, 0.5) is 11.6 Å². The lowest BCUT2D eigenvalue weighted by molar-refractivity contribution is 0.102. The fraction of sp³-hybridized carbons (Fsp3) is 0.200. The SMILES string of the molecule is O=C(Nc1ccc(-c2csc3c(=O)cc(N4CCCCC4)oc23)cc1)c1ccccc1. The summed E-state index contributed by atoms with van der Waals surface area (Å²) in [4.78, 5) is 27.2. The number of benzene rings is 2. The minimum atomic E-state index is -0.147. The van der Waals surface area contributed by atoms with Gasteiger partial charge in [0.05, 0.1) is 0 Å². The largest absolute Gasteiger partial charge is 0.439 e. The molecule has 0 spiro atoms. The minimum Gasteiger partial charge on any atom is -0.439 e. The summed E-state index contributed by atoms with van der Waals surface area (Å²) in [5.74, 6) is 0.509. The summed E-state index contributed by atoms with van der Waals surface area (Å²) in [5, 5.41) is 4.88. The first-order chi connectivity index (χ1) is 15.2. The van der Waals surface area contributed by atoms with Gasteiger partial charge < -0.3 is 14.6 Å². The smallest absolute Gasteiger partial charge is 0.255 e. The second-order valence-electron chi connectivity index (χ2n) is 7.70. The van der Waals surface area contributed by atoms with Gasteiger partial charge in [0.15, 0.2) is 11.5 Å². The number of nitrogens with zero attached hydrogens (tertiary/aromatic N) is 1. The van der Waals surface area contributed by atoms with Gasteiger partial charge >= 0.3 is 0 Å². The van der Waals surface area contributed by atoms with E-state index in [2.05, 4.69) is 10.2 Å². The second-order valence-corrected chi connectivity index (χ2v) is 8.58. The van der Waals surface area contributed by atoms with Crippen molar-refractivity contribution in [2.45, 2.75) is 19.3 Å². The average molecular weight is 431 g/mol. The maximum atomic E-state index is 12.7. The van der Waals surface area contributed by atoms with Gasteiger partial charge in [0.1, 0.15) is 4.70 Å². The molecule has 4 aromatic rings. The van der Waals surface area contributed by atoms with E-state index >= 15 is 0 Å². The summed E-state index contributed by atoms with van der Waals surface area (Å²) in [6, 6.07) is 18.4. The van der Waals surface area contributed by atoms with Gasteiger partial charge in [-0.05, 0) is 49.1 Å². The summed E-state index contributed by atoms with van der Waals surface area (Å²) in [6.45, 7) is 1.84. The normalized spacial score (nSPS) is 14.0. The molecule has 1 fully saturated rings. The molecule has 1 aliphatic rings. The van der Waals surface area contributed by atoms with E-state index in [4.69, 9.17) is 4.42 Å². The van der Waals surface area contributed by atoms with Crippen molar-refractivity contribution < 1.29 is 9.21 Å². The summed E-state index contributed by atoms with van der Waals surface area (Å²) < 4.78 is 6.86. The first-order valence-corrected chi connectivity index (χ1v) is 11.3. The van der Waals surface area contributed by atoms with Crippen molar-refractivity contribution in [2.24, 2.45) is 0 Å². The van der Waals surface area contributed by atoms with Gasteiger partial charge in [-0.15, -0.1) is 11.3 Å². The highest BCUT2D eigenvalue weighted by atomic mass is 32.1. The third-order valence-electron chi connectivity index (χ3n) is 5.59.